The molecule has 2 aliphatic heterocycles. The van der Waals surface area contributed by atoms with Gasteiger partial charge < -0.3 is 33.4 Å². The summed E-state index contributed by atoms with van der Waals surface area (Å²) >= 11 is 0. The van der Waals surface area contributed by atoms with Crippen molar-refractivity contribution in [2.75, 3.05) is 20.0 Å². The van der Waals surface area contributed by atoms with Crippen LogP contribution in [0, 0.1) is 0 Å². The number of nitrogens with zero attached hydrogens (tertiary/aromatic N) is 1. The minimum absolute atomic E-state index is 0.0674. The van der Waals surface area contributed by atoms with Crippen molar-refractivity contribution in [1.29, 1.82) is 0 Å². The molecule has 8 heteroatoms. The van der Waals surface area contributed by atoms with E-state index in [4.69, 9.17) is 23.7 Å². The summed E-state index contributed by atoms with van der Waals surface area (Å²) in [5.41, 5.74) is 1.11. The van der Waals surface area contributed by atoms with E-state index in [2.05, 4.69) is 0 Å². The fraction of sp³-hybridized carbons (Fsp3) is 0.435. The van der Waals surface area contributed by atoms with E-state index in [9.17, 15) is 9.90 Å². The molecule has 0 bridgehead atoms. The molecular weight excluding hydrogens is 402 g/mol. The van der Waals surface area contributed by atoms with Crippen LogP contribution in [0.25, 0.3) is 0 Å². The number of aliphatic hydroxyl groups excluding tert-OH is 1. The topological polar surface area (TPSA) is 88.4 Å². The maximum Gasteiger partial charge on any atom is 0.230 e. The fourth-order valence-electron chi connectivity index (χ4n) is 3.64. The lowest BCUT2D eigenvalue weighted by Gasteiger charge is -2.30. The first-order valence-corrected chi connectivity index (χ1v) is 10.5. The number of hydrogen-bond donors (Lipinski definition) is 1. The van der Waals surface area contributed by atoms with E-state index >= 15 is 0 Å². The Kier molecular flexibility index (Phi) is 7.24. The summed E-state index contributed by atoms with van der Waals surface area (Å²) in [4.78, 5) is 12.9. The van der Waals surface area contributed by atoms with Gasteiger partial charge in [-0.2, -0.15) is 0 Å². The summed E-state index contributed by atoms with van der Waals surface area (Å²) < 4.78 is 30.7. The molecule has 0 spiro atoms. The number of pyridine rings is 1. The van der Waals surface area contributed by atoms with Crippen LogP contribution in [0.5, 0.6) is 5.75 Å². The van der Waals surface area contributed by atoms with Gasteiger partial charge in [0.05, 0.1) is 6.61 Å². The number of benzene rings is 1. The standard InChI is InChI=1S/C23H27NO7/c25-12-11-24-10-9-18(26)22(29-14-17-6-2-1-3-7-17)21(24)23(19-15-27-16-30-19)31-20-8-4-5-13-28-20/h1-3,6-7,9-10,15,20,23,25H,4-5,8,11-14,16H2. The molecule has 1 aromatic heterocycles. The predicted molar refractivity (Wildman–Crippen MR) is 111 cm³/mol. The lowest BCUT2D eigenvalue weighted by Crippen LogP contribution is -2.29. The summed E-state index contributed by atoms with van der Waals surface area (Å²) in [6.07, 6.45) is 4.59. The Morgan fingerprint density at radius 1 is 1.19 bits per heavy atom. The third kappa shape index (κ3) is 5.28. The van der Waals surface area contributed by atoms with Crippen LogP contribution < -0.4 is 10.2 Å². The van der Waals surface area contributed by atoms with E-state index in [1.54, 1.807) is 10.8 Å². The minimum atomic E-state index is -0.781. The first-order chi connectivity index (χ1) is 15.3. The Morgan fingerprint density at radius 3 is 2.77 bits per heavy atom. The van der Waals surface area contributed by atoms with E-state index in [0.29, 0.717) is 18.1 Å². The molecule has 0 saturated carbocycles. The quantitative estimate of drug-likeness (QED) is 0.656. The Morgan fingerprint density at radius 2 is 2.06 bits per heavy atom. The van der Waals surface area contributed by atoms with E-state index < -0.39 is 12.4 Å². The summed E-state index contributed by atoms with van der Waals surface area (Å²) in [5.74, 6) is 0.577. The Hall–Kier alpha value is -2.81. The summed E-state index contributed by atoms with van der Waals surface area (Å²) in [6.45, 7) is 1.05. The van der Waals surface area contributed by atoms with Crippen LogP contribution in [0.15, 0.2) is 59.4 Å². The predicted octanol–water partition coefficient (Wildman–Crippen LogP) is 2.85. The highest BCUT2D eigenvalue weighted by Gasteiger charge is 2.33. The largest absolute Gasteiger partial charge is 0.483 e. The molecule has 8 nitrogen and oxygen atoms in total. The monoisotopic (exact) mass is 429 g/mol. The van der Waals surface area contributed by atoms with Crippen LogP contribution in [0.4, 0.5) is 0 Å². The van der Waals surface area contributed by atoms with Gasteiger partial charge in [-0.25, -0.2) is 0 Å². The molecular formula is C23H27NO7. The molecule has 1 fully saturated rings. The summed E-state index contributed by atoms with van der Waals surface area (Å²) in [6, 6.07) is 11.0. The molecule has 0 radical (unpaired) electrons. The maximum atomic E-state index is 12.9. The van der Waals surface area contributed by atoms with Crippen molar-refractivity contribution < 1.29 is 28.8 Å². The molecule has 1 saturated heterocycles. The van der Waals surface area contributed by atoms with Gasteiger partial charge in [0, 0.05) is 25.4 Å². The van der Waals surface area contributed by atoms with E-state index in [1.165, 1.54) is 12.3 Å². The van der Waals surface area contributed by atoms with Crippen LogP contribution in [-0.2, 0) is 32.1 Å². The molecule has 4 rings (SSSR count). The van der Waals surface area contributed by atoms with Gasteiger partial charge in [0.2, 0.25) is 12.2 Å². The summed E-state index contributed by atoms with van der Waals surface area (Å²) in [5, 5.41) is 9.60. The molecule has 31 heavy (non-hydrogen) atoms. The molecule has 0 aliphatic carbocycles. The number of hydrogen-bond acceptors (Lipinski definition) is 7. The second-order valence-electron chi connectivity index (χ2n) is 7.35. The molecule has 1 aromatic carbocycles. The van der Waals surface area contributed by atoms with Crippen LogP contribution in [-0.4, -0.2) is 36.0 Å². The highest BCUT2D eigenvalue weighted by Crippen LogP contribution is 2.36. The normalized spacial score (nSPS) is 19.3. The number of rotatable bonds is 9. The summed E-state index contributed by atoms with van der Waals surface area (Å²) in [7, 11) is 0. The van der Waals surface area contributed by atoms with Crippen molar-refractivity contribution >= 4 is 0 Å². The third-order valence-electron chi connectivity index (χ3n) is 5.16. The Balaban J connectivity index is 1.72. The highest BCUT2D eigenvalue weighted by atomic mass is 16.7. The first kappa shape index (κ1) is 21.4. The molecule has 2 aromatic rings. The molecule has 3 heterocycles. The average Bonchev–Trinajstić information content (AvgIpc) is 3.34. The van der Waals surface area contributed by atoms with Crippen molar-refractivity contribution in [1.82, 2.24) is 4.57 Å². The van der Waals surface area contributed by atoms with E-state index in [-0.39, 0.29) is 37.7 Å². The first-order valence-electron chi connectivity index (χ1n) is 10.5. The molecule has 0 amide bonds. The van der Waals surface area contributed by atoms with Crippen molar-refractivity contribution in [3.8, 4) is 5.75 Å². The van der Waals surface area contributed by atoms with Gasteiger partial charge >= 0.3 is 0 Å². The zero-order chi connectivity index (χ0) is 21.5. The number of aromatic nitrogens is 1. The second kappa shape index (κ2) is 10.5. The SMILES string of the molecule is O=c1ccn(CCO)c(C(OC2CCCCO2)C2=COCO2)c1OCc1ccccc1. The fourth-order valence-corrected chi connectivity index (χ4v) is 3.64. The Labute approximate surface area is 180 Å². The minimum Gasteiger partial charge on any atom is -0.483 e. The molecule has 2 atom stereocenters. The third-order valence-corrected chi connectivity index (χ3v) is 5.16. The number of ether oxygens (including phenoxy) is 5. The van der Waals surface area contributed by atoms with Gasteiger partial charge in [0.25, 0.3) is 0 Å². The van der Waals surface area contributed by atoms with Crippen molar-refractivity contribution in [3.63, 3.8) is 0 Å². The van der Waals surface area contributed by atoms with Gasteiger partial charge in [-0.15, -0.1) is 0 Å². The average molecular weight is 429 g/mol. The van der Waals surface area contributed by atoms with Crippen LogP contribution in [0.3, 0.4) is 0 Å². The van der Waals surface area contributed by atoms with Gasteiger partial charge in [-0.3, -0.25) is 4.79 Å². The van der Waals surface area contributed by atoms with Gasteiger partial charge in [0.15, 0.2) is 23.9 Å². The van der Waals surface area contributed by atoms with Crippen molar-refractivity contribution in [2.45, 2.75) is 44.8 Å². The second-order valence-corrected chi connectivity index (χ2v) is 7.35. The van der Waals surface area contributed by atoms with E-state index in [0.717, 1.165) is 24.8 Å². The lowest BCUT2D eigenvalue weighted by molar-refractivity contribution is -0.190. The van der Waals surface area contributed by atoms with Gasteiger partial charge in [-0.1, -0.05) is 30.3 Å². The van der Waals surface area contributed by atoms with Crippen LogP contribution in [0.2, 0.25) is 0 Å². The van der Waals surface area contributed by atoms with Gasteiger partial charge in [-0.05, 0) is 24.8 Å². The zero-order valence-corrected chi connectivity index (χ0v) is 17.3. The Bertz CT molecular complexity index is 935. The lowest BCUT2D eigenvalue weighted by atomic mass is 10.1. The highest BCUT2D eigenvalue weighted by molar-refractivity contribution is 5.34. The smallest absolute Gasteiger partial charge is 0.230 e. The van der Waals surface area contributed by atoms with Crippen LogP contribution >= 0.6 is 0 Å². The van der Waals surface area contributed by atoms with E-state index in [1.807, 2.05) is 30.3 Å². The molecule has 2 unspecified atom stereocenters. The van der Waals surface area contributed by atoms with Crippen molar-refractivity contribution in [3.05, 3.63) is 76.1 Å². The van der Waals surface area contributed by atoms with Crippen molar-refractivity contribution in [2.24, 2.45) is 0 Å². The zero-order valence-electron chi connectivity index (χ0n) is 17.3. The maximum absolute atomic E-state index is 12.9. The number of aliphatic hydroxyl groups is 1. The van der Waals surface area contributed by atoms with Crippen LogP contribution in [0.1, 0.15) is 36.6 Å². The molecule has 1 N–H and O–H groups in total. The van der Waals surface area contributed by atoms with Gasteiger partial charge in [0.1, 0.15) is 18.6 Å². The molecule has 2 aliphatic rings. The molecule has 166 valence electrons.